The van der Waals surface area contributed by atoms with E-state index >= 15 is 0 Å². The third-order valence-corrected chi connectivity index (χ3v) is 5.10. The van der Waals surface area contributed by atoms with Gasteiger partial charge in [-0.05, 0) is 62.3 Å². The van der Waals surface area contributed by atoms with Crippen molar-refractivity contribution in [3.05, 3.63) is 29.8 Å². The van der Waals surface area contributed by atoms with E-state index in [-0.39, 0.29) is 0 Å². The van der Waals surface area contributed by atoms with Crippen molar-refractivity contribution in [1.82, 2.24) is 4.90 Å². The molecule has 1 aromatic rings. The van der Waals surface area contributed by atoms with Crippen LogP contribution in [-0.4, -0.2) is 30.6 Å². The molecule has 0 radical (unpaired) electrons. The van der Waals surface area contributed by atoms with Gasteiger partial charge in [-0.15, -0.1) is 0 Å². The molecule has 2 aliphatic rings. The number of piperidine rings is 1. The lowest BCUT2D eigenvalue weighted by atomic mass is 9.92. The smallest absolute Gasteiger partial charge is 0.119 e. The molecule has 2 unspecified atom stereocenters. The molecule has 21 heavy (non-hydrogen) atoms. The number of hydrogen-bond donors (Lipinski definition) is 1. The Balaban J connectivity index is 1.41. The summed E-state index contributed by atoms with van der Waals surface area (Å²) in [4.78, 5) is 2.72. The Kier molecular flexibility index (Phi) is 5.15. The summed E-state index contributed by atoms with van der Waals surface area (Å²) in [5.74, 6) is 1.94. The van der Waals surface area contributed by atoms with E-state index in [0.717, 1.165) is 36.3 Å². The topological polar surface area (TPSA) is 38.5 Å². The lowest BCUT2D eigenvalue weighted by Gasteiger charge is -2.37. The highest BCUT2D eigenvalue weighted by molar-refractivity contribution is 5.28. The van der Waals surface area contributed by atoms with E-state index < -0.39 is 0 Å². The van der Waals surface area contributed by atoms with Gasteiger partial charge in [0.15, 0.2) is 0 Å². The van der Waals surface area contributed by atoms with Gasteiger partial charge in [-0.1, -0.05) is 18.6 Å². The maximum Gasteiger partial charge on any atom is 0.119 e. The number of benzene rings is 1. The van der Waals surface area contributed by atoms with E-state index in [4.69, 9.17) is 10.5 Å². The van der Waals surface area contributed by atoms with Gasteiger partial charge >= 0.3 is 0 Å². The van der Waals surface area contributed by atoms with Gasteiger partial charge in [0.1, 0.15) is 5.75 Å². The molecule has 1 aliphatic carbocycles. The molecular formula is C18H28N2O. The van der Waals surface area contributed by atoms with Crippen molar-refractivity contribution in [2.75, 3.05) is 19.7 Å². The third kappa shape index (κ3) is 3.78. The minimum absolute atomic E-state index is 0.577. The Morgan fingerprint density at radius 1 is 1.19 bits per heavy atom. The number of hydrogen-bond acceptors (Lipinski definition) is 3. The molecular weight excluding hydrogens is 260 g/mol. The fourth-order valence-corrected chi connectivity index (χ4v) is 4.05. The maximum atomic E-state index is 5.87. The molecule has 2 N–H and O–H groups in total. The first kappa shape index (κ1) is 14.9. The first-order valence-corrected chi connectivity index (χ1v) is 8.52. The second-order valence-corrected chi connectivity index (χ2v) is 6.49. The summed E-state index contributed by atoms with van der Waals surface area (Å²) in [5, 5.41) is 0. The molecule has 3 rings (SSSR count). The fourth-order valence-electron chi connectivity index (χ4n) is 4.05. The number of rotatable bonds is 6. The number of fused-ring (bicyclic) bond motifs is 1. The maximum absolute atomic E-state index is 5.87. The van der Waals surface area contributed by atoms with Crippen LogP contribution in [0.1, 0.15) is 44.1 Å². The van der Waals surface area contributed by atoms with E-state index in [1.54, 1.807) is 0 Å². The van der Waals surface area contributed by atoms with E-state index in [1.165, 1.54) is 45.2 Å². The van der Waals surface area contributed by atoms with Gasteiger partial charge in [-0.2, -0.15) is 0 Å². The average Bonchev–Trinajstić information content (AvgIpc) is 3.01. The normalized spacial score (nSPS) is 25.8. The first-order valence-electron chi connectivity index (χ1n) is 8.52. The van der Waals surface area contributed by atoms with Crippen molar-refractivity contribution >= 4 is 0 Å². The molecule has 0 spiro atoms. The number of nitrogens with two attached hydrogens (primary N) is 1. The third-order valence-electron chi connectivity index (χ3n) is 5.10. The zero-order valence-electron chi connectivity index (χ0n) is 13.0. The van der Waals surface area contributed by atoms with Gasteiger partial charge in [0, 0.05) is 19.1 Å². The van der Waals surface area contributed by atoms with E-state index in [9.17, 15) is 0 Å². The van der Waals surface area contributed by atoms with E-state index in [1.807, 2.05) is 24.3 Å². The van der Waals surface area contributed by atoms with Crippen LogP contribution >= 0.6 is 0 Å². The summed E-state index contributed by atoms with van der Waals surface area (Å²) in [6, 6.07) is 9.01. The van der Waals surface area contributed by atoms with Crippen LogP contribution in [-0.2, 0) is 6.54 Å². The van der Waals surface area contributed by atoms with Crippen molar-refractivity contribution in [3.63, 3.8) is 0 Å². The van der Waals surface area contributed by atoms with Crippen LogP contribution in [0.15, 0.2) is 24.3 Å². The average molecular weight is 288 g/mol. The fraction of sp³-hybridized carbons (Fsp3) is 0.667. The number of ether oxygens (including phenoxy) is 1. The molecule has 1 aliphatic heterocycles. The second kappa shape index (κ2) is 7.28. The summed E-state index contributed by atoms with van der Waals surface area (Å²) in [7, 11) is 0. The SMILES string of the molecule is NCc1cccc(OCCCN2CCCC3CCCC32)c1. The molecule has 0 amide bonds. The van der Waals surface area contributed by atoms with Crippen LogP contribution in [0, 0.1) is 5.92 Å². The Hall–Kier alpha value is -1.06. The molecule has 116 valence electrons. The highest BCUT2D eigenvalue weighted by Gasteiger charge is 2.34. The first-order chi connectivity index (χ1) is 10.4. The monoisotopic (exact) mass is 288 g/mol. The van der Waals surface area contributed by atoms with Crippen molar-refractivity contribution in [2.45, 2.75) is 51.1 Å². The standard InChI is InChI=1S/C18H28N2O/c19-14-15-5-1-8-17(13-15)21-12-4-11-20-10-3-7-16-6-2-9-18(16)20/h1,5,8,13,16,18H,2-4,6-7,9-12,14,19H2. The number of likely N-dealkylation sites (tertiary alicyclic amines) is 1. The van der Waals surface area contributed by atoms with Crippen molar-refractivity contribution < 1.29 is 4.74 Å². The molecule has 3 heteroatoms. The summed E-state index contributed by atoms with van der Waals surface area (Å²) in [5.41, 5.74) is 6.79. The van der Waals surface area contributed by atoms with Gasteiger partial charge in [0.05, 0.1) is 6.61 Å². The zero-order valence-corrected chi connectivity index (χ0v) is 13.0. The number of nitrogens with zero attached hydrogens (tertiary/aromatic N) is 1. The van der Waals surface area contributed by atoms with Crippen LogP contribution in [0.4, 0.5) is 0 Å². The molecule has 1 aromatic carbocycles. The quantitative estimate of drug-likeness (QED) is 0.817. The predicted molar refractivity (Wildman–Crippen MR) is 86.4 cm³/mol. The van der Waals surface area contributed by atoms with Gasteiger partial charge in [0.25, 0.3) is 0 Å². The molecule has 0 aromatic heterocycles. The minimum Gasteiger partial charge on any atom is -0.494 e. The summed E-state index contributed by atoms with van der Waals surface area (Å²) in [6.45, 7) is 3.87. The summed E-state index contributed by atoms with van der Waals surface area (Å²) < 4.78 is 5.87. The molecule has 0 bridgehead atoms. The van der Waals surface area contributed by atoms with E-state index in [0.29, 0.717) is 6.54 Å². The Morgan fingerprint density at radius 2 is 2.10 bits per heavy atom. The Bertz CT molecular complexity index is 449. The Morgan fingerprint density at radius 3 is 3.00 bits per heavy atom. The van der Waals surface area contributed by atoms with E-state index in [2.05, 4.69) is 4.90 Å². The summed E-state index contributed by atoms with van der Waals surface area (Å²) in [6.07, 6.45) is 8.29. The van der Waals surface area contributed by atoms with Gasteiger partial charge in [0.2, 0.25) is 0 Å². The zero-order chi connectivity index (χ0) is 14.5. The van der Waals surface area contributed by atoms with Crippen molar-refractivity contribution in [2.24, 2.45) is 11.7 Å². The van der Waals surface area contributed by atoms with Crippen molar-refractivity contribution in [3.8, 4) is 5.75 Å². The largest absolute Gasteiger partial charge is 0.494 e. The minimum atomic E-state index is 0.577. The highest BCUT2D eigenvalue weighted by atomic mass is 16.5. The lowest BCUT2D eigenvalue weighted by molar-refractivity contribution is 0.106. The van der Waals surface area contributed by atoms with Gasteiger partial charge in [-0.25, -0.2) is 0 Å². The Labute approximate surface area is 128 Å². The molecule has 2 fully saturated rings. The summed E-state index contributed by atoms with van der Waals surface area (Å²) >= 11 is 0. The van der Waals surface area contributed by atoms with Gasteiger partial charge in [-0.3, -0.25) is 4.90 Å². The van der Waals surface area contributed by atoms with Crippen LogP contribution in [0.25, 0.3) is 0 Å². The molecule has 2 atom stereocenters. The second-order valence-electron chi connectivity index (χ2n) is 6.49. The van der Waals surface area contributed by atoms with Crippen LogP contribution in [0.3, 0.4) is 0 Å². The molecule has 1 heterocycles. The van der Waals surface area contributed by atoms with Gasteiger partial charge < -0.3 is 10.5 Å². The molecule has 1 saturated carbocycles. The van der Waals surface area contributed by atoms with Crippen molar-refractivity contribution in [1.29, 1.82) is 0 Å². The van der Waals surface area contributed by atoms with Crippen LogP contribution < -0.4 is 10.5 Å². The molecule has 1 saturated heterocycles. The molecule has 3 nitrogen and oxygen atoms in total. The predicted octanol–water partition coefficient (Wildman–Crippen LogP) is 3.18. The highest BCUT2D eigenvalue weighted by Crippen LogP contribution is 2.36. The van der Waals surface area contributed by atoms with Crippen LogP contribution in [0.5, 0.6) is 5.75 Å². The van der Waals surface area contributed by atoms with Crippen LogP contribution in [0.2, 0.25) is 0 Å². The lowest BCUT2D eigenvalue weighted by Crippen LogP contribution is -2.43.